The number of hydrogen-bond donors (Lipinski definition) is 2. The molecule has 0 saturated carbocycles. The third-order valence-electron chi connectivity index (χ3n) is 2.89. The molecule has 0 aliphatic heterocycles. The molecule has 3 aromatic rings. The average molecular weight is 268 g/mol. The average Bonchev–Trinajstić information content (AvgIpc) is 2.91. The van der Waals surface area contributed by atoms with Crippen LogP contribution in [-0.2, 0) is 7.05 Å². The van der Waals surface area contributed by atoms with Crippen molar-refractivity contribution in [3.63, 3.8) is 0 Å². The van der Waals surface area contributed by atoms with E-state index in [1.54, 1.807) is 12.1 Å². The molecule has 0 aliphatic carbocycles. The van der Waals surface area contributed by atoms with Crippen molar-refractivity contribution in [1.29, 1.82) is 5.26 Å². The number of aromatic nitrogens is 5. The second-order valence-electron chi connectivity index (χ2n) is 4.15. The van der Waals surface area contributed by atoms with E-state index in [2.05, 4.69) is 19.9 Å². The first-order valence-electron chi connectivity index (χ1n) is 5.65. The van der Waals surface area contributed by atoms with Crippen molar-refractivity contribution >= 4 is 11.2 Å². The molecule has 0 amide bonds. The maximum absolute atomic E-state index is 11.7. The summed E-state index contributed by atoms with van der Waals surface area (Å²) >= 11 is 0. The van der Waals surface area contributed by atoms with Crippen molar-refractivity contribution in [2.24, 2.45) is 7.05 Å². The molecule has 0 saturated heterocycles. The van der Waals surface area contributed by atoms with Gasteiger partial charge in [-0.25, -0.2) is 9.78 Å². The van der Waals surface area contributed by atoms with Gasteiger partial charge in [0.1, 0.15) is 17.3 Å². The third-order valence-corrected chi connectivity index (χ3v) is 2.89. The summed E-state index contributed by atoms with van der Waals surface area (Å²) in [7, 11) is 1.51. The van der Waals surface area contributed by atoms with Gasteiger partial charge < -0.3 is 4.98 Å². The van der Waals surface area contributed by atoms with Crippen LogP contribution in [0.4, 0.5) is 0 Å². The molecule has 3 heterocycles. The summed E-state index contributed by atoms with van der Waals surface area (Å²) in [5, 5.41) is 8.72. The number of H-pyrrole nitrogens is 2. The Balaban J connectivity index is 2.25. The zero-order chi connectivity index (χ0) is 14.3. The van der Waals surface area contributed by atoms with Crippen molar-refractivity contribution in [3.05, 3.63) is 44.7 Å². The van der Waals surface area contributed by atoms with Gasteiger partial charge in [-0.3, -0.25) is 19.3 Å². The Morgan fingerprint density at radius 2 is 2.10 bits per heavy atom. The summed E-state index contributed by atoms with van der Waals surface area (Å²) in [5.41, 5.74) is 0.291. The van der Waals surface area contributed by atoms with Gasteiger partial charge in [0.25, 0.3) is 5.56 Å². The summed E-state index contributed by atoms with van der Waals surface area (Å²) in [6.45, 7) is 0. The first kappa shape index (κ1) is 11.9. The molecule has 3 rings (SSSR count). The van der Waals surface area contributed by atoms with Crippen molar-refractivity contribution in [2.45, 2.75) is 0 Å². The van der Waals surface area contributed by atoms with Gasteiger partial charge in [-0.15, -0.1) is 0 Å². The maximum atomic E-state index is 11.7. The van der Waals surface area contributed by atoms with Gasteiger partial charge in [0, 0.05) is 13.2 Å². The summed E-state index contributed by atoms with van der Waals surface area (Å²) in [5.74, 6) is 0.358. The topological polar surface area (TPSA) is 120 Å². The molecule has 0 aliphatic rings. The fourth-order valence-corrected chi connectivity index (χ4v) is 1.83. The summed E-state index contributed by atoms with van der Waals surface area (Å²) in [4.78, 5) is 36.5. The van der Waals surface area contributed by atoms with Crippen LogP contribution in [0.3, 0.4) is 0 Å². The monoisotopic (exact) mass is 268 g/mol. The number of fused-ring (bicyclic) bond motifs is 1. The largest absolute Gasteiger partial charge is 0.331 e. The van der Waals surface area contributed by atoms with E-state index >= 15 is 0 Å². The van der Waals surface area contributed by atoms with Gasteiger partial charge >= 0.3 is 5.69 Å². The van der Waals surface area contributed by atoms with Crippen LogP contribution in [0.2, 0.25) is 0 Å². The Kier molecular flexibility index (Phi) is 2.47. The molecule has 8 heteroatoms. The van der Waals surface area contributed by atoms with Gasteiger partial charge in [0.05, 0.1) is 5.56 Å². The highest BCUT2D eigenvalue weighted by atomic mass is 16.2. The van der Waals surface area contributed by atoms with E-state index in [-0.39, 0.29) is 11.2 Å². The van der Waals surface area contributed by atoms with Gasteiger partial charge in [-0.1, -0.05) is 0 Å². The smallest absolute Gasteiger partial charge is 0.329 e. The number of nitrogens with one attached hydrogen (secondary N) is 2. The van der Waals surface area contributed by atoms with E-state index in [0.717, 1.165) is 0 Å². The highest BCUT2D eigenvalue weighted by molar-refractivity contribution is 5.74. The molecular weight excluding hydrogens is 260 g/mol. The van der Waals surface area contributed by atoms with E-state index in [1.165, 1.54) is 17.8 Å². The molecule has 0 aromatic carbocycles. The quantitative estimate of drug-likeness (QED) is 0.637. The van der Waals surface area contributed by atoms with Gasteiger partial charge in [0.2, 0.25) is 0 Å². The lowest BCUT2D eigenvalue weighted by Crippen LogP contribution is -2.28. The fraction of sp³-hybridized carbons (Fsp3) is 0.0833. The first-order chi connectivity index (χ1) is 9.60. The number of imidazole rings is 1. The van der Waals surface area contributed by atoms with E-state index in [9.17, 15) is 9.59 Å². The Labute approximate surface area is 111 Å². The standard InChI is InChI=1S/C12H8N6O2/c1-18-10-8(11(19)17-12(18)20)15-9(16-10)7-3-2-6(4-13)5-14-7/h2-3,5H,1H3,(H,15,16)(H,17,19,20). The van der Waals surface area contributed by atoms with Gasteiger partial charge in [0.15, 0.2) is 11.5 Å². The SMILES string of the molecule is Cn1c(=O)[nH]c(=O)c2[nH]c(-c3ccc(C#N)cn3)nc21. The van der Waals surface area contributed by atoms with Crippen LogP contribution in [0.25, 0.3) is 22.7 Å². The van der Waals surface area contributed by atoms with E-state index in [1.807, 2.05) is 6.07 Å². The molecule has 0 bridgehead atoms. The predicted octanol–water partition coefficient (Wildman–Crippen LogP) is -0.116. The molecule has 0 atom stereocenters. The lowest BCUT2D eigenvalue weighted by molar-refractivity contribution is 0.832. The number of nitriles is 1. The molecule has 0 unspecified atom stereocenters. The third kappa shape index (κ3) is 1.69. The van der Waals surface area contributed by atoms with Crippen LogP contribution in [0, 0.1) is 11.3 Å². The molecule has 2 N–H and O–H groups in total. The second-order valence-corrected chi connectivity index (χ2v) is 4.15. The molecule has 0 radical (unpaired) electrons. The zero-order valence-corrected chi connectivity index (χ0v) is 10.3. The van der Waals surface area contributed by atoms with Crippen LogP contribution in [0.5, 0.6) is 0 Å². The van der Waals surface area contributed by atoms with Crippen LogP contribution in [0.15, 0.2) is 27.9 Å². The lowest BCUT2D eigenvalue weighted by Gasteiger charge is -1.95. The highest BCUT2D eigenvalue weighted by Gasteiger charge is 2.12. The second kappa shape index (κ2) is 4.17. The molecule has 98 valence electrons. The number of aryl methyl sites for hydroxylation is 1. The number of nitrogens with zero attached hydrogens (tertiary/aromatic N) is 4. The van der Waals surface area contributed by atoms with Gasteiger partial charge in [-0.05, 0) is 12.1 Å². The van der Waals surface area contributed by atoms with E-state index in [0.29, 0.717) is 17.1 Å². The maximum Gasteiger partial charge on any atom is 0.329 e. The molecular formula is C12H8N6O2. The molecule has 20 heavy (non-hydrogen) atoms. The molecule has 0 fully saturated rings. The van der Waals surface area contributed by atoms with Crippen molar-refractivity contribution < 1.29 is 0 Å². The van der Waals surface area contributed by atoms with Crippen LogP contribution < -0.4 is 11.2 Å². The van der Waals surface area contributed by atoms with Crippen molar-refractivity contribution in [2.75, 3.05) is 0 Å². The van der Waals surface area contributed by atoms with Gasteiger partial charge in [-0.2, -0.15) is 5.26 Å². The van der Waals surface area contributed by atoms with E-state index < -0.39 is 11.2 Å². The Morgan fingerprint density at radius 3 is 2.75 bits per heavy atom. The van der Waals surface area contributed by atoms with E-state index in [4.69, 9.17) is 5.26 Å². The Bertz CT molecular complexity index is 955. The first-order valence-corrected chi connectivity index (χ1v) is 5.65. The zero-order valence-electron chi connectivity index (χ0n) is 10.3. The highest BCUT2D eigenvalue weighted by Crippen LogP contribution is 2.15. The Hall–Kier alpha value is -3.21. The normalized spacial score (nSPS) is 10.6. The van der Waals surface area contributed by atoms with Crippen molar-refractivity contribution in [3.8, 4) is 17.6 Å². The summed E-state index contributed by atoms with van der Waals surface area (Å²) in [6, 6.07) is 5.17. The minimum atomic E-state index is -0.534. The Morgan fingerprint density at radius 1 is 1.30 bits per heavy atom. The number of rotatable bonds is 1. The fourth-order valence-electron chi connectivity index (χ4n) is 1.83. The molecule has 3 aromatic heterocycles. The molecule has 8 nitrogen and oxygen atoms in total. The van der Waals surface area contributed by atoms with Crippen LogP contribution in [-0.4, -0.2) is 24.5 Å². The number of pyridine rings is 1. The van der Waals surface area contributed by atoms with Crippen LogP contribution >= 0.6 is 0 Å². The van der Waals surface area contributed by atoms with Crippen molar-refractivity contribution in [1.82, 2.24) is 24.5 Å². The number of hydrogen-bond acceptors (Lipinski definition) is 5. The molecule has 0 spiro atoms. The number of aromatic amines is 2. The minimum absolute atomic E-state index is 0.202. The predicted molar refractivity (Wildman–Crippen MR) is 69.9 cm³/mol. The lowest BCUT2D eigenvalue weighted by atomic mass is 10.2. The minimum Gasteiger partial charge on any atom is -0.331 e. The summed E-state index contributed by atoms with van der Waals surface area (Å²) < 4.78 is 1.24. The summed E-state index contributed by atoms with van der Waals surface area (Å²) in [6.07, 6.45) is 1.41. The van der Waals surface area contributed by atoms with Crippen LogP contribution in [0.1, 0.15) is 5.56 Å².